The van der Waals surface area contributed by atoms with E-state index in [2.05, 4.69) is 10.3 Å². The number of carbonyl (C=O) groups excluding carboxylic acids is 3. The van der Waals surface area contributed by atoms with E-state index in [0.29, 0.717) is 10.8 Å². The molecule has 2 amide bonds. The highest BCUT2D eigenvalue weighted by atomic mass is 32.1. The first-order chi connectivity index (χ1) is 11.4. The van der Waals surface area contributed by atoms with Crippen LogP contribution >= 0.6 is 11.3 Å². The lowest BCUT2D eigenvalue weighted by atomic mass is 10.2. The highest BCUT2D eigenvalue weighted by Gasteiger charge is 2.24. The maximum absolute atomic E-state index is 12.3. The predicted molar refractivity (Wildman–Crippen MR) is 91.1 cm³/mol. The topological polar surface area (TPSA) is 88.6 Å². The van der Waals surface area contributed by atoms with Gasteiger partial charge in [-0.2, -0.15) is 0 Å². The molecule has 0 radical (unpaired) electrons. The van der Waals surface area contributed by atoms with Crippen LogP contribution in [-0.2, 0) is 14.3 Å². The first-order valence-electron chi connectivity index (χ1n) is 7.15. The number of thiazole rings is 1. The van der Waals surface area contributed by atoms with Gasteiger partial charge in [0.2, 0.25) is 5.91 Å². The molecular weight excluding hydrogens is 330 g/mol. The highest BCUT2D eigenvalue weighted by Crippen LogP contribution is 2.17. The van der Waals surface area contributed by atoms with Crippen molar-refractivity contribution in [2.75, 3.05) is 17.3 Å². The number of carbonyl (C=O) groups is 3. The molecule has 24 heavy (non-hydrogen) atoms. The molecule has 2 rings (SSSR count). The van der Waals surface area contributed by atoms with Gasteiger partial charge >= 0.3 is 5.97 Å². The molecule has 0 fully saturated rings. The number of hydrogen-bond acceptors (Lipinski definition) is 6. The van der Waals surface area contributed by atoms with Crippen LogP contribution in [0.2, 0.25) is 0 Å². The van der Waals surface area contributed by atoms with Crippen molar-refractivity contribution in [1.29, 1.82) is 0 Å². The molecule has 0 spiro atoms. The Morgan fingerprint density at radius 2 is 1.92 bits per heavy atom. The smallest absolute Gasteiger partial charge is 0.358 e. The summed E-state index contributed by atoms with van der Waals surface area (Å²) in [5, 5.41) is 4.25. The van der Waals surface area contributed by atoms with Crippen molar-refractivity contribution in [2.45, 2.75) is 20.0 Å². The van der Waals surface area contributed by atoms with Crippen LogP contribution in [-0.4, -0.2) is 35.9 Å². The van der Waals surface area contributed by atoms with Gasteiger partial charge in [-0.15, -0.1) is 11.3 Å². The molecule has 0 bridgehead atoms. The predicted octanol–water partition coefficient (Wildman–Crippen LogP) is 2.31. The third-order valence-electron chi connectivity index (χ3n) is 3.10. The van der Waals surface area contributed by atoms with E-state index in [1.54, 1.807) is 19.2 Å². The summed E-state index contributed by atoms with van der Waals surface area (Å²) in [6.07, 6.45) is -0.964. The van der Waals surface area contributed by atoms with Gasteiger partial charge in [-0.05, 0) is 19.1 Å². The number of benzene rings is 1. The van der Waals surface area contributed by atoms with Crippen LogP contribution in [0.25, 0.3) is 0 Å². The van der Waals surface area contributed by atoms with E-state index in [4.69, 9.17) is 4.74 Å². The van der Waals surface area contributed by atoms with Crippen molar-refractivity contribution < 1.29 is 19.1 Å². The second-order valence-corrected chi connectivity index (χ2v) is 5.86. The number of hydrogen-bond donors (Lipinski definition) is 1. The van der Waals surface area contributed by atoms with Gasteiger partial charge in [0.15, 0.2) is 16.9 Å². The zero-order valence-corrected chi connectivity index (χ0v) is 14.3. The largest absolute Gasteiger partial charge is 0.448 e. The van der Waals surface area contributed by atoms with E-state index in [0.717, 1.165) is 11.3 Å². The number of aromatic nitrogens is 1. The first kappa shape index (κ1) is 17.6. The Morgan fingerprint density at radius 1 is 1.25 bits per heavy atom. The molecule has 0 aliphatic rings. The lowest BCUT2D eigenvalue weighted by Crippen LogP contribution is -2.37. The van der Waals surface area contributed by atoms with E-state index in [9.17, 15) is 14.4 Å². The van der Waals surface area contributed by atoms with Crippen LogP contribution in [0.5, 0.6) is 0 Å². The molecule has 0 aliphatic carbocycles. The van der Waals surface area contributed by atoms with Gasteiger partial charge in [0.05, 0.1) is 0 Å². The summed E-state index contributed by atoms with van der Waals surface area (Å²) in [5.41, 5.74) is 0.748. The van der Waals surface area contributed by atoms with Crippen LogP contribution in [0.3, 0.4) is 0 Å². The van der Waals surface area contributed by atoms with Gasteiger partial charge < -0.3 is 15.0 Å². The van der Waals surface area contributed by atoms with Crippen molar-refractivity contribution >= 4 is 39.9 Å². The maximum atomic E-state index is 12.3. The van der Waals surface area contributed by atoms with Gasteiger partial charge in [0.25, 0.3) is 5.91 Å². The Hall–Kier alpha value is -2.74. The zero-order valence-electron chi connectivity index (χ0n) is 13.5. The SMILES string of the molecule is CC(=O)Nc1nc(C(=O)OC(C)C(=O)N(C)c2ccccc2)cs1. The molecule has 1 unspecified atom stereocenters. The summed E-state index contributed by atoms with van der Waals surface area (Å²) >= 11 is 1.11. The average Bonchev–Trinajstić information content (AvgIpc) is 3.02. The monoisotopic (exact) mass is 347 g/mol. The fraction of sp³-hybridized carbons (Fsp3) is 0.250. The van der Waals surface area contributed by atoms with Crippen LogP contribution in [0, 0.1) is 0 Å². The number of ether oxygens (including phenoxy) is 1. The molecule has 1 aromatic carbocycles. The zero-order chi connectivity index (χ0) is 17.7. The number of esters is 1. The van der Waals surface area contributed by atoms with Crippen LogP contribution in [0.15, 0.2) is 35.7 Å². The molecule has 2 aromatic rings. The quantitative estimate of drug-likeness (QED) is 0.839. The third-order valence-corrected chi connectivity index (χ3v) is 3.86. The van der Waals surface area contributed by atoms with Crippen molar-refractivity contribution in [2.24, 2.45) is 0 Å². The van der Waals surface area contributed by atoms with Crippen molar-refractivity contribution in [3.8, 4) is 0 Å². The van der Waals surface area contributed by atoms with E-state index < -0.39 is 12.1 Å². The number of anilines is 2. The minimum atomic E-state index is -0.964. The molecule has 7 nitrogen and oxygen atoms in total. The van der Waals surface area contributed by atoms with Gasteiger partial charge in [-0.1, -0.05) is 18.2 Å². The number of amides is 2. The van der Waals surface area contributed by atoms with E-state index in [1.807, 2.05) is 18.2 Å². The number of nitrogens with one attached hydrogen (secondary N) is 1. The number of nitrogens with zero attached hydrogens (tertiary/aromatic N) is 2. The Bertz CT molecular complexity index is 745. The molecular formula is C16H17N3O4S. The molecule has 1 N–H and O–H groups in total. The first-order valence-corrected chi connectivity index (χ1v) is 8.03. The summed E-state index contributed by atoms with van der Waals surface area (Å²) in [6, 6.07) is 9.04. The molecule has 126 valence electrons. The van der Waals surface area contributed by atoms with Gasteiger partial charge in [-0.25, -0.2) is 9.78 Å². The minimum absolute atomic E-state index is 0.0470. The number of likely N-dealkylation sites (N-methyl/N-ethyl adjacent to an activating group) is 1. The van der Waals surface area contributed by atoms with Crippen LogP contribution in [0.1, 0.15) is 24.3 Å². The fourth-order valence-corrected chi connectivity index (χ4v) is 2.62. The van der Waals surface area contributed by atoms with Gasteiger partial charge in [0, 0.05) is 25.0 Å². The van der Waals surface area contributed by atoms with Crippen LogP contribution < -0.4 is 10.2 Å². The Balaban J connectivity index is 1.99. The van der Waals surface area contributed by atoms with E-state index in [-0.39, 0.29) is 17.5 Å². The second-order valence-electron chi connectivity index (χ2n) is 5.00. The summed E-state index contributed by atoms with van der Waals surface area (Å²) in [5.74, 6) is -1.35. The lowest BCUT2D eigenvalue weighted by molar-refractivity contribution is -0.126. The standard InChI is InChI=1S/C16H17N3O4S/c1-10(14(21)19(3)12-7-5-4-6-8-12)23-15(22)13-9-24-16(18-13)17-11(2)20/h4-10H,1-3H3,(H,17,18,20). The number of rotatable bonds is 5. The highest BCUT2D eigenvalue weighted by molar-refractivity contribution is 7.14. The molecule has 1 atom stereocenters. The lowest BCUT2D eigenvalue weighted by Gasteiger charge is -2.21. The van der Waals surface area contributed by atoms with E-state index in [1.165, 1.54) is 24.1 Å². The van der Waals surface area contributed by atoms with Gasteiger partial charge in [-0.3, -0.25) is 9.59 Å². The van der Waals surface area contributed by atoms with Crippen molar-refractivity contribution in [3.63, 3.8) is 0 Å². The minimum Gasteiger partial charge on any atom is -0.448 e. The Morgan fingerprint density at radius 3 is 2.54 bits per heavy atom. The summed E-state index contributed by atoms with van der Waals surface area (Å²) < 4.78 is 5.16. The van der Waals surface area contributed by atoms with Crippen molar-refractivity contribution in [3.05, 3.63) is 41.4 Å². The summed E-state index contributed by atoms with van der Waals surface area (Å²) in [4.78, 5) is 40.7. The second kappa shape index (κ2) is 7.69. The number of para-hydroxylation sites is 1. The molecule has 8 heteroatoms. The fourth-order valence-electron chi connectivity index (χ4n) is 1.90. The molecule has 0 saturated carbocycles. The molecule has 1 heterocycles. The molecule has 1 aromatic heterocycles. The van der Waals surface area contributed by atoms with E-state index >= 15 is 0 Å². The summed E-state index contributed by atoms with van der Waals surface area (Å²) in [7, 11) is 1.61. The maximum Gasteiger partial charge on any atom is 0.358 e. The normalized spacial score (nSPS) is 11.5. The van der Waals surface area contributed by atoms with Crippen molar-refractivity contribution in [1.82, 2.24) is 4.98 Å². The van der Waals surface area contributed by atoms with Gasteiger partial charge in [0.1, 0.15) is 0 Å². The van der Waals surface area contributed by atoms with Crippen LogP contribution in [0.4, 0.5) is 10.8 Å². The average molecular weight is 347 g/mol. The Labute approximate surface area is 143 Å². The summed E-state index contributed by atoms with van der Waals surface area (Å²) in [6.45, 7) is 2.85. The molecule has 0 saturated heterocycles. The molecule has 0 aliphatic heterocycles. The third kappa shape index (κ3) is 4.39. The Kier molecular flexibility index (Phi) is 5.64.